The van der Waals surface area contributed by atoms with Crippen LogP contribution in [0.1, 0.15) is 52.4 Å². The first-order chi connectivity index (χ1) is 9.47. The van der Waals surface area contributed by atoms with Gasteiger partial charge in [-0.3, -0.25) is 10.1 Å². The molecule has 0 aromatic heterocycles. The molecule has 2 aliphatic rings. The van der Waals surface area contributed by atoms with Crippen LogP contribution in [0.3, 0.4) is 0 Å². The van der Waals surface area contributed by atoms with Gasteiger partial charge in [-0.15, -0.1) is 0 Å². The molecule has 0 aromatic carbocycles. The normalized spacial score (nSPS) is 28.4. The van der Waals surface area contributed by atoms with E-state index in [1.165, 1.54) is 13.0 Å². The zero-order valence-corrected chi connectivity index (χ0v) is 13.2. The van der Waals surface area contributed by atoms with Crippen molar-refractivity contribution in [3.8, 4) is 0 Å². The molecule has 0 amide bonds. The number of carbonyl (C=O) groups is 1. The van der Waals surface area contributed by atoms with E-state index >= 15 is 0 Å². The highest BCUT2D eigenvalue weighted by molar-refractivity contribution is 5.78. The molecule has 4 nitrogen and oxygen atoms in total. The SMILES string of the molecule is CCC(CCCN(C)CC1CC1C)(NC1CC1)C(=O)O. The van der Waals surface area contributed by atoms with E-state index in [9.17, 15) is 9.90 Å². The van der Waals surface area contributed by atoms with Crippen molar-refractivity contribution in [3.63, 3.8) is 0 Å². The Kier molecular flexibility index (Phi) is 5.08. The Labute approximate surface area is 122 Å². The maximum atomic E-state index is 11.6. The second kappa shape index (κ2) is 6.44. The molecule has 0 spiro atoms. The molecule has 2 rings (SSSR count). The van der Waals surface area contributed by atoms with E-state index in [1.807, 2.05) is 6.92 Å². The lowest BCUT2D eigenvalue weighted by molar-refractivity contribution is -0.145. The van der Waals surface area contributed by atoms with Gasteiger partial charge in [-0.1, -0.05) is 13.8 Å². The molecule has 0 saturated heterocycles. The number of carboxylic acids is 1. The van der Waals surface area contributed by atoms with Crippen LogP contribution in [0.5, 0.6) is 0 Å². The third-order valence-corrected chi connectivity index (χ3v) is 5.04. The largest absolute Gasteiger partial charge is 0.480 e. The average molecular weight is 282 g/mol. The van der Waals surface area contributed by atoms with Gasteiger partial charge in [0.25, 0.3) is 0 Å². The van der Waals surface area contributed by atoms with E-state index in [1.54, 1.807) is 0 Å². The lowest BCUT2D eigenvalue weighted by Crippen LogP contribution is -2.53. The summed E-state index contributed by atoms with van der Waals surface area (Å²) in [5, 5.41) is 12.9. The Balaban J connectivity index is 1.74. The predicted octanol–water partition coefficient (Wildman–Crippen LogP) is 2.34. The number of nitrogens with one attached hydrogen (secondary N) is 1. The van der Waals surface area contributed by atoms with Gasteiger partial charge in [0.05, 0.1) is 0 Å². The fourth-order valence-corrected chi connectivity index (χ4v) is 3.09. The summed E-state index contributed by atoms with van der Waals surface area (Å²) in [6.07, 6.45) is 5.99. The van der Waals surface area contributed by atoms with E-state index in [4.69, 9.17) is 0 Å². The molecule has 2 N–H and O–H groups in total. The highest BCUT2D eigenvalue weighted by Crippen LogP contribution is 2.38. The van der Waals surface area contributed by atoms with Crippen molar-refractivity contribution in [1.29, 1.82) is 0 Å². The molecule has 0 heterocycles. The second-order valence-corrected chi connectivity index (χ2v) is 7.00. The third-order valence-electron chi connectivity index (χ3n) is 5.04. The van der Waals surface area contributed by atoms with Crippen LogP contribution in [0.2, 0.25) is 0 Å². The van der Waals surface area contributed by atoms with Crippen molar-refractivity contribution < 1.29 is 9.90 Å². The Morgan fingerprint density at radius 2 is 2.10 bits per heavy atom. The predicted molar refractivity (Wildman–Crippen MR) is 80.8 cm³/mol. The van der Waals surface area contributed by atoms with E-state index < -0.39 is 11.5 Å². The topological polar surface area (TPSA) is 52.6 Å². The molecule has 20 heavy (non-hydrogen) atoms. The monoisotopic (exact) mass is 282 g/mol. The molecule has 4 heteroatoms. The van der Waals surface area contributed by atoms with Crippen molar-refractivity contribution in [3.05, 3.63) is 0 Å². The summed E-state index contributed by atoms with van der Waals surface area (Å²) in [4.78, 5) is 14.0. The van der Waals surface area contributed by atoms with Gasteiger partial charge >= 0.3 is 5.97 Å². The summed E-state index contributed by atoms with van der Waals surface area (Å²) < 4.78 is 0. The van der Waals surface area contributed by atoms with Crippen molar-refractivity contribution >= 4 is 5.97 Å². The minimum atomic E-state index is -0.700. The number of rotatable bonds is 10. The van der Waals surface area contributed by atoms with E-state index in [0.717, 1.165) is 44.1 Å². The van der Waals surface area contributed by atoms with Gasteiger partial charge < -0.3 is 10.0 Å². The van der Waals surface area contributed by atoms with Gasteiger partial charge in [-0.05, 0) is 64.0 Å². The number of hydrogen-bond donors (Lipinski definition) is 2. The third kappa shape index (κ3) is 4.19. The standard InChI is InChI=1S/C16H30N2O2/c1-4-16(15(19)20,17-14-6-7-14)8-5-9-18(3)11-13-10-12(13)2/h12-14,17H,4-11H2,1-3H3,(H,19,20). The molecule has 2 saturated carbocycles. The molecule has 0 aromatic rings. The molecule has 0 aliphatic heterocycles. The Hall–Kier alpha value is -0.610. The smallest absolute Gasteiger partial charge is 0.323 e. The fraction of sp³-hybridized carbons (Fsp3) is 0.938. The average Bonchev–Trinajstić information content (AvgIpc) is 3.29. The molecule has 2 fully saturated rings. The van der Waals surface area contributed by atoms with Crippen molar-refractivity contribution in [2.24, 2.45) is 11.8 Å². The molecular weight excluding hydrogens is 252 g/mol. The van der Waals surface area contributed by atoms with Gasteiger partial charge in [0, 0.05) is 12.6 Å². The van der Waals surface area contributed by atoms with Crippen LogP contribution in [-0.2, 0) is 4.79 Å². The maximum Gasteiger partial charge on any atom is 0.323 e. The molecule has 3 atom stereocenters. The molecular formula is C16H30N2O2. The van der Waals surface area contributed by atoms with Gasteiger partial charge in [0.2, 0.25) is 0 Å². The highest BCUT2D eigenvalue weighted by Gasteiger charge is 2.40. The minimum absolute atomic E-state index is 0.441. The maximum absolute atomic E-state index is 11.6. The molecule has 0 bridgehead atoms. The van der Waals surface area contributed by atoms with E-state index in [2.05, 4.69) is 24.2 Å². The van der Waals surface area contributed by atoms with E-state index in [-0.39, 0.29) is 0 Å². The van der Waals surface area contributed by atoms with Crippen LogP contribution in [-0.4, -0.2) is 47.7 Å². The number of hydrogen-bond acceptors (Lipinski definition) is 3. The van der Waals surface area contributed by atoms with Crippen LogP contribution in [0.4, 0.5) is 0 Å². The lowest BCUT2D eigenvalue weighted by Gasteiger charge is -2.30. The number of nitrogens with zero attached hydrogens (tertiary/aromatic N) is 1. The van der Waals surface area contributed by atoms with Gasteiger partial charge in [-0.25, -0.2) is 0 Å². The molecule has 3 unspecified atom stereocenters. The Bertz CT molecular complexity index is 343. The zero-order chi connectivity index (χ0) is 14.8. The van der Waals surface area contributed by atoms with Gasteiger partial charge in [-0.2, -0.15) is 0 Å². The Morgan fingerprint density at radius 1 is 1.45 bits per heavy atom. The number of aliphatic carboxylic acids is 1. The van der Waals surface area contributed by atoms with Crippen LogP contribution < -0.4 is 5.32 Å². The quantitative estimate of drug-likeness (QED) is 0.646. The van der Waals surface area contributed by atoms with Crippen molar-refractivity contribution in [1.82, 2.24) is 10.2 Å². The first-order valence-corrected chi connectivity index (χ1v) is 8.16. The zero-order valence-electron chi connectivity index (χ0n) is 13.2. The molecule has 0 radical (unpaired) electrons. The van der Waals surface area contributed by atoms with Crippen LogP contribution in [0, 0.1) is 11.8 Å². The van der Waals surface area contributed by atoms with Gasteiger partial charge in [0.1, 0.15) is 5.54 Å². The summed E-state index contributed by atoms with van der Waals surface area (Å²) in [5.41, 5.74) is -0.700. The first-order valence-electron chi connectivity index (χ1n) is 8.16. The number of carboxylic acid groups (broad SMARTS) is 1. The van der Waals surface area contributed by atoms with Crippen LogP contribution in [0.25, 0.3) is 0 Å². The summed E-state index contributed by atoms with van der Waals surface area (Å²) in [7, 11) is 2.16. The minimum Gasteiger partial charge on any atom is -0.480 e. The lowest BCUT2D eigenvalue weighted by atomic mass is 9.90. The first kappa shape index (κ1) is 15.8. The molecule has 116 valence electrons. The molecule has 2 aliphatic carbocycles. The summed E-state index contributed by atoms with van der Waals surface area (Å²) in [6.45, 7) is 6.47. The van der Waals surface area contributed by atoms with E-state index in [0.29, 0.717) is 12.5 Å². The summed E-state index contributed by atoms with van der Waals surface area (Å²) >= 11 is 0. The highest BCUT2D eigenvalue weighted by atomic mass is 16.4. The second-order valence-electron chi connectivity index (χ2n) is 7.00. The fourth-order valence-electron chi connectivity index (χ4n) is 3.09. The summed E-state index contributed by atoms with van der Waals surface area (Å²) in [5.74, 6) is 1.09. The summed E-state index contributed by atoms with van der Waals surface area (Å²) in [6, 6.07) is 0.441. The van der Waals surface area contributed by atoms with Crippen molar-refractivity contribution in [2.75, 3.05) is 20.1 Å². The van der Waals surface area contributed by atoms with Crippen LogP contribution >= 0.6 is 0 Å². The van der Waals surface area contributed by atoms with Gasteiger partial charge in [0.15, 0.2) is 0 Å². The van der Waals surface area contributed by atoms with Crippen LogP contribution in [0.15, 0.2) is 0 Å². The van der Waals surface area contributed by atoms with Crippen molar-refractivity contribution in [2.45, 2.75) is 64.0 Å². The Morgan fingerprint density at radius 3 is 2.55 bits per heavy atom.